The van der Waals surface area contributed by atoms with E-state index in [1.54, 1.807) is 59.5 Å². The van der Waals surface area contributed by atoms with Crippen molar-refractivity contribution < 1.29 is 16.8 Å². The number of aromatic nitrogens is 2. The zero-order valence-corrected chi connectivity index (χ0v) is 17.3. The van der Waals surface area contributed by atoms with Gasteiger partial charge in [0.1, 0.15) is 0 Å². The van der Waals surface area contributed by atoms with E-state index in [0.717, 1.165) is 5.69 Å². The smallest absolute Gasteiger partial charge is 0.241 e. The van der Waals surface area contributed by atoms with Crippen molar-refractivity contribution in [1.82, 2.24) is 14.1 Å². The second-order valence-corrected chi connectivity index (χ2v) is 11.1. The first-order valence-corrected chi connectivity index (χ1v) is 12.4. The Morgan fingerprint density at radius 2 is 1.66 bits per heavy atom. The van der Waals surface area contributed by atoms with Crippen molar-refractivity contribution in [3.8, 4) is 5.69 Å². The van der Waals surface area contributed by atoms with E-state index in [0.29, 0.717) is 5.56 Å². The molecule has 9 heteroatoms. The average Bonchev–Trinajstić information content (AvgIpc) is 3.20. The van der Waals surface area contributed by atoms with Gasteiger partial charge in [0.2, 0.25) is 10.0 Å². The molecule has 152 valence electrons. The molecule has 1 atom stereocenters. The number of hydrogen-bond acceptors (Lipinski definition) is 5. The van der Waals surface area contributed by atoms with Gasteiger partial charge in [0.15, 0.2) is 9.84 Å². The summed E-state index contributed by atoms with van der Waals surface area (Å²) >= 11 is 0. The molecule has 29 heavy (non-hydrogen) atoms. The number of rotatable bonds is 4. The average molecular weight is 432 g/mol. The van der Waals surface area contributed by atoms with Crippen molar-refractivity contribution in [3.05, 3.63) is 78.6 Å². The van der Waals surface area contributed by atoms with Gasteiger partial charge in [0.25, 0.3) is 0 Å². The first-order valence-electron chi connectivity index (χ1n) is 9.25. The maximum Gasteiger partial charge on any atom is 0.243 e. The quantitative estimate of drug-likeness (QED) is 0.633. The van der Waals surface area contributed by atoms with E-state index in [9.17, 15) is 16.8 Å². The number of hydrogen-bond donors (Lipinski definition) is 0. The molecule has 1 aliphatic heterocycles. The van der Waals surface area contributed by atoms with Crippen molar-refractivity contribution in [3.63, 3.8) is 0 Å². The van der Waals surface area contributed by atoms with Gasteiger partial charge >= 0.3 is 0 Å². The highest BCUT2D eigenvalue weighted by atomic mass is 32.2. The number of sulfone groups is 1. The zero-order chi connectivity index (χ0) is 20.5. The number of sulfonamides is 1. The highest BCUT2D eigenvalue weighted by molar-refractivity contribution is 7.92. The maximum atomic E-state index is 13.1. The Kier molecular flexibility index (Phi) is 5.28. The van der Waals surface area contributed by atoms with Crippen molar-refractivity contribution in [2.75, 3.05) is 18.8 Å². The van der Waals surface area contributed by atoms with Crippen molar-refractivity contribution in [2.24, 2.45) is 0 Å². The fourth-order valence-corrected chi connectivity index (χ4v) is 6.91. The third kappa shape index (κ3) is 3.98. The molecule has 0 saturated carbocycles. The molecule has 2 heterocycles. The predicted molar refractivity (Wildman–Crippen MR) is 110 cm³/mol. The molecule has 7 nitrogen and oxygen atoms in total. The molecule has 1 aromatic heterocycles. The Balaban J connectivity index is 1.58. The molecular weight excluding hydrogens is 410 g/mol. The fourth-order valence-electron chi connectivity index (χ4n) is 3.55. The highest BCUT2D eigenvalue weighted by Gasteiger charge is 2.35. The molecule has 1 aliphatic rings. The standard InChI is InChI=1S/C20H21N3O4S2/c24-28(25)16-15-22(14-11-20(28)17-5-2-1-3-6-17)29(26,27)19-9-7-18(8-10-19)23-13-4-12-21-23/h1-10,12-13,20H,11,14-16H2/t20-/m0/s1. The molecule has 0 aliphatic carbocycles. The van der Waals surface area contributed by atoms with E-state index in [-0.39, 0.29) is 30.2 Å². The summed E-state index contributed by atoms with van der Waals surface area (Å²) in [6, 6.07) is 17.2. The lowest BCUT2D eigenvalue weighted by atomic mass is 10.1. The van der Waals surface area contributed by atoms with E-state index in [4.69, 9.17) is 0 Å². The second kappa shape index (κ2) is 7.74. The van der Waals surface area contributed by atoms with Crippen molar-refractivity contribution in [1.29, 1.82) is 0 Å². The number of nitrogens with zero attached hydrogens (tertiary/aromatic N) is 3. The van der Waals surface area contributed by atoms with E-state index < -0.39 is 25.1 Å². The topological polar surface area (TPSA) is 89.3 Å². The minimum atomic E-state index is -3.79. The molecule has 0 spiro atoms. The van der Waals surface area contributed by atoms with Crippen LogP contribution in [0.25, 0.3) is 5.69 Å². The maximum absolute atomic E-state index is 13.1. The molecule has 0 N–H and O–H groups in total. The van der Waals surface area contributed by atoms with Crippen molar-refractivity contribution in [2.45, 2.75) is 16.6 Å². The van der Waals surface area contributed by atoms with Gasteiger partial charge in [0, 0.05) is 25.5 Å². The second-order valence-electron chi connectivity index (χ2n) is 6.90. The van der Waals surface area contributed by atoms with Crippen LogP contribution in [0.2, 0.25) is 0 Å². The lowest BCUT2D eigenvalue weighted by molar-refractivity contribution is 0.428. The minimum Gasteiger partial charge on any atom is -0.241 e. The Hall–Kier alpha value is -2.49. The van der Waals surface area contributed by atoms with E-state index >= 15 is 0 Å². The van der Waals surface area contributed by atoms with Gasteiger partial charge < -0.3 is 0 Å². The van der Waals surface area contributed by atoms with Crippen LogP contribution in [-0.2, 0) is 19.9 Å². The van der Waals surface area contributed by atoms with Crippen LogP contribution >= 0.6 is 0 Å². The molecule has 0 unspecified atom stereocenters. The van der Waals surface area contributed by atoms with Gasteiger partial charge in [-0.1, -0.05) is 30.3 Å². The summed E-state index contributed by atoms with van der Waals surface area (Å²) in [7, 11) is -7.23. The SMILES string of the molecule is O=S1(=O)CCN(S(=O)(=O)c2ccc(-n3cccn3)cc2)CC[C@H]1c1ccccc1. The minimum absolute atomic E-state index is 0.0467. The van der Waals surface area contributed by atoms with Crippen molar-refractivity contribution >= 4 is 19.9 Å². The van der Waals surface area contributed by atoms with Gasteiger partial charge in [-0.05, 0) is 42.3 Å². The third-order valence-corrected chi connectivity index (χ3v) is 9.15. The van der Waals surface area contributed by atoms with Crippen LogP contribution in [-0.4, -0.2) is 49.8 Å². The van der Waals surface area contributed by atoms with E-state index in [2.05, 4.69) is 5.10 Å². The lowest BCUT2D eigenvalue weighted by Crippen LogP contribution is -2.33. The molecule has 0 radical (unpaired) electrons. The Labute approximate surface area is 170 Å². The normalized spacial score (nSPS) is 20.2. The molecule has 0 bridgehead atoms. The Morgan fingerprint density at radius 1 is 0.931 bits per heavy atom. The molecule has 1 saturated heterocycles. The molecular formula is C20H21N3O4S2. The summed E-state index contributed by atoms with van der Waals surface area (Å²) in [6.07, 6.45) is 3.65. The third-order valence-electron chi connectivity index (χ3n) is 5.11. The summed E-state index contributed by atoms with van der Waals surface area (Å²) < 4.78 is 54.6. The fraction of sp³-hybridized carbons (Fsp3) is 0.250. The van der Waals surface area contributed by atoms with E-state index in [1.165, 1.54) is 16.4 Å². The van der Waals surface area contributed by atoms with Gasteiger partial charge in [-0.25, -0.2) is 21.5 Å². The Morgan fingerprint density at radius 3 is 2.31 bits per heavy atom. The summed E-state index contributed by atoms with van der Waals surface area (Å²) in [5, 5.41) is 3.43. The molecule has 2 aromatic carbocycles. The van der Waals surface area contributed by atoms with Crippen LogP contribution in [0, 0.1) is 0 Å². The largest absolute Gasteiger partial charge is 0.243 e. The Bertz CT molecular complexity index is 1170. The summed E-state index contributed by atoms with van der Waals surface area (Å²) in [5.41, 5.74) is 1.45. The first-order chi connectivity index (χ1) is 13.9. The number of benzene rings is 2. The van der Waals surface area contributed by atoms with E-state index in [1.807, 2.05) is 6.07 Å². The molecule has 0 amide bonds. The van der Waals surface area contributed by atoms with Crippen LogP contribution < -0.4 is 0 Å². The molecule has 3 aromatic rings. The van der Waals surface area contributed by atoms with Crippen LogP contribution in [0.1, 0.15) is 17.2 Å². The summed E-state index contributed by atoms with van der Waals surface area (Å²) in [4.78, 5) is 0.143. The molecule has 1 fully saturated rings. The van der Waals surface area contributed by atoms with Crippen LogP contribution in [0.3, 0.4) is 0 Å². The van der Waals surface area contributed by atoms with Gasteiger partial charge in [-0.3, -0.25) is 0 Å². The molecule has 4 rings (SSSR count). The van der Waals surface area contributed by atoms with Gasteiger partial charge in [-0.2, -0.15) is 9.40 Å². The van der Waals surface area contributed by atoms with Crippen LogP contribution in [0.15, 0.2) is 78.0 Å². The van der Waals surface area contributed by atoms with Crippen LogP contribution in [0.5, 0.6) is 0 Å². The lowest BCUT2D eigenvalue weighted by Gasteiger charge is -2.20. The van der Waals surface area contributed by atoms with Gasteiger partial charge in [-0.15, -0.1) is 0 Å². The van der Waals surface area contributed by atoms with Crippen LogP contribution in [0.4, 0.5) is 0 Å². The summed E-state index contributed by atoms with van der Waals surface area (Å²) in [5.74, 6) is -0.197. The first kappa shape index (κ1) is 19.8. The monoisotopic (exact) mass is 431 g/mol. The van der Waals surface area contributed by atoms with Gasteiger partial charge in [0.05, 0.1) is 21.6 Å². The predicted octanol–water partition coefficient (Wildman–Crippen LogP) is 2.42. The highest BCUT2D eigenvalue weighted by Crippen LogP contribution is 2.31. The zero-order valence-electron chi connectivity index (χ0n) is 15.6. The summed E-state index contributed by atoms with van der Waals surface area (Å²) in [6.45, 7) is 0.108.